The molecule has 0 aliphatic heterocycles. The number of aryl methyl sites for hydroxylation is 2. The largest absolute Gasteiger partial charge is 0.416 e. The summed E-state index contributed by atoms with van der Waals surface area (Å²) in [6.07, 6.45) is -3.83. The highest BCUT2D eigenvalue weighted by Crippen LogP contribution is 2.35. The van der Waals surface area contributed by atoms with Gasteiger partial charge in [-0.05, 0) is 24.6 Å². The molecule has 21 heavy (non-hydrogen) atoms. The van der Waals surface area contributed by atoms with Crippen LogP contribution in [-0.2, 0) is 19.6 Å². The lowest BCUT2D eigenvalue weighted by Crippen LogP contribution is -2.07. The van der Waals surface area contributed by atoms with Gasteiger partial charge in [0.1, 0.15) is 0 Å². The van der Waals surface area contributed by atoms with Crippen molar-refractivity contribution in [2.45, 2.75) is 19.5 Å². The minimum atomic E-state index is -4.46. The molecule has 0 unspecified atom stereocenters. The number of halogens is 4. The second-order valence-corrected chi connectivity index (χ2v) is 4.97. The van der Waals surface area contributed by atoms with Gasteiger partial charge >= 0.3 is 6.18 Å². The number of aromatic nitrogens is 2. The van der Waals surface area contributed by atoms with Crippen LogP contribution in [0.25, 0.3) is 0 Å². The van der Waals surface area contributed by atoms with Gasteiger partial charge in [-0.25, -0.2) is 0 Å². The van der Waals surface area contributed by atoms with E-state index in [-0.39, 0.29) is 10.7 Å². The maximum absolute atomic E-state index is 12.8. The van der Waals surface area contributed by atoms with Crippen molar-refractivity contribution >= 4 is 28.8 Å². The molecule has 4 nitrogen and oxygen atoms in total. The van der Waals surface area contributed by atoms with Crippen molar-refractivity contribution in [1.82, 2.24) is 9.78 Å². The predicted molar refractivity (Wildman–Crippen MR) is 76.7 cm³/mol. The summed E-state index contributed by atoms with van der Waals surface area (Å²) in [5.41, 5.74) is 6.39. The van der Waals surface area contributed by atoms with Gasteiger partial charge in [0, 0.05) is 17.8 Å². The molecule has 0 saturated heterocycles. The van der Waals surface area contributed by atoms with E-state index < -0.39 is 11.7 Å². The van der Waals surface area contributed by atoms with Crippen LogP contribution in [-0.4, -0.2) is 9.78 Å². The Labute approximate surface area is 124 Å². The van der Waals surface area contributed by atoms with E-state index in [9.17, 15) is 13.2 Å². The number of nitrogens with two attached hydrogens (primary N) is 1. The van der Waals surface area contributed by atoms with Crippen molar-refractivity contribution in [1.29, 1.82) is 0 Å². The first-order valence-corrected chi connectivity index (χ1v) is 6.56. The monoisotopic (exact) mass is 318 g/mol. The third-order valence-electron chi connectivity index (χ3n) is 2.98. The average Bonchev–Trinajstić information content (AvgIpc) is 2.64. The van der Waals surface area contributed by atoms with Crippen LogP contribution in [0.3, 0.4) is 0 Å². The maximum Gasteiger partial charge on any atom is 0.416 e. The summed E-state index contributed by atoms with van der Waals surface area (Å²) in [5.74, 6) is 0.433. The molecule has 2 rings (SSSR count). The number of nitrogens with zero attached hydrogens (tertiary/aromatic N) is 2. The van der Waals surface area contributed by atoms with E-state index >= 15 is 0 Å². The Kier molecular flexibility index (Phi) is 4.04. The van der Waals surface area contributed by atoms with E-state index in [0.717, 1.165) is 12.1 Å². The van der Waals surface area contributed by atoms with Gasteiger partial charge in [-0.1, -0.05) is 18.5 Å². The zero-order valence-electron chi connectivity index (χ0n) is 11.4. The van der Waals surface area contributed by atoms with Crippen molar-refractivity contribution in [2.24, 2.45) is 7.05 Å². The van der Waals surface area contributed by atoms with Crippen LogP contribution in [0.5, 0.6) is 0 Å². The number of rotatable bonds is 3. The van der Waals surface area contributed by atoms with E-state index in [0.29, 0.717) is 23.6 Å². The van der Waals surface area contributed by atoms with Gasteiger partial charge in [0.25, 0.3) is 0 Å². The fourth-order valence-corrected chi connectivity index (χ4v) is 2.20. The average molecular weight is 319 g/mol. The second-order valence-electron chi connectivity index (χ2n) is 4.54. The number of nitrogen functional groups attached to an aromatic ring is 1. The van der Waals surface area contributed by atoms with Crippen LogP contribution < -0.4 is 11.1 Å². The molecule has 1 aromatic carbocycles. The molecule has 114 valence electrons. The Morgan fingerprint density at radius 2 is 2.00 bits per heavy atom. The Morgan fingerprint density at radius 1 is 1.33 bits per heavy atom. The van der Waals surface area contributed by atoms with Crippen LogP contribution in [0.1, 0.15) is 18.2 Å². The minimum Gasteiger partial charge on any atom is -0.394 e. The molecule has 0 saturated carbocycles. The van der Waals surface area contributed by atoms with Crippen LogP contribution >= 0.6 is 11.6 Å². The van der Waals surface area contributed by atoms with Gasteiger partial charge in [0.15, 0.2) is 5.82 Å². The molecule has 3 N–H and O–H groups in total. The second kappa shape index (κ2) is 5.48. The molecule has 0 amide bonds. The first-order chi connectivity index (χ1) is 9.72. The van der Waals surface area contributed by atoms with Crippen molar-refractivity contribution < 1.29 is 13.2 Å². The van der Waals surface area contributed by atoms with Gasteiger partial charge in [-0.3, -0.25) is 4.68 Å². The highest BCUT2D eigenvalue weighted by molar-refractivity contribution is 6.31. The summed E-state index contributed by atoms with van der Waals surface area (Å²) < 4.78 is 39.8. The number of anilines is 3. The third kappa shape index (κ3) is 3.24. The van der Waals surface area contributed by atoms with Crippen LogP contribution in [0.15, 0.2) is 18.2 Å². The molecule has 0 aliphatic carbocycles. The first kappa shape index (κ1) is 15.5. The topological polar surface area (TPSA) is 55.9 Å². The van der Waals surface area contributed by atoms with E-state index in [1.807, 2.05) is 6.92 Å². The SMILES string of the molecule is CCc1nn(C)c(Nc2cc(Cl)cc(C(F)(F)F)c2)c1N. The fraction of sp³-hybridized carbons (Fsp3) is 0.308. The molecule has 0 radical (unpaired) electrons. The van der Waals surface area contributed by atoms with E-state index in [1.54, 1.807) is 7.05 Å². The molecule has 0 spiro atoms. The lowest BCUT2D eigenvalue weighted by atomic mass is 10.2. The zero-order valence-corrected chi connectivity index (χ0v) is 12.2. The summed E-state index contributed by atoms with van der Waals surface area (Å²) in [4.78, 5) is 0. The van der Waals surface area contributed by atoms with Gasteiger partial charge in [0.2, 0.25) is 0 Å². The first-order valence-electron chi connectivity index (χ1n) is 6.18. The number of hydrogen-bond acceptors (Lipinski definition) is 3. The predicted octanol–water partition coefficient (Wildman–Crippen LogP) is 3.98. The molecular weight excluding hydrogens is 305 g/mol. The number of alkyl halides is 3. The van der Waals surface area contributed by atoms with Crippen LogP contribution in [0.4, 0.5) is 30.4 Å². The van der Waals surface area contributed by atoms with Gasteiger partial charge < -0.3 is 11.1 Å². The Morgan fingerprint density at radius 3 is 2.52 bits per heavy atom. The highest BCUT2D eigenvalue weighted by Gasteiger charge is 2.31. The maximum atomic E-state index is 12.8. The molecule has 0 fully saturated rings. The molecule has 0 atom stereocenters. The molecule has 2 aromatic rings. The van der Waals surface area contributed by atoms with Crippen molar-refractivity contribution in [3.8, 4) is 0 Å². The minimum absolute atomic E-state index is 0.0104. The number of hydrogen-bond donors (Lipinski definition) is 2. The van der Waals surface area contributed by atoms with E-state index in [2.05, 4.69) is 10.4 Å². The molecular formula is C13H14ClF3N4. The molecule has 8 heteroatoms. The molecule has 1 aromatic heterocycles. The fourth-order valence-electron chi connectivity index (χ4n) is 1.97. The van der Waals surface area contributed by atoms with Gasteiger partial charge in [-0.15, -0.1) is 0 Å². The summed E-state index contributed by atoms with van der Waals surface area (Å²) in [7, 11) is 1.66. The normalized spacial score (nSPS) is 11.7. The molecule has 1 heterocycles. The lowest BCUT2D eigenvalue weighted by molar-refractivity contribution is -0.137. The Balaban J connectivity index is 2.41. The Hall–Kier alpha value is -1.89. The summed E-state index contributed by atoms with van der Waals surface area (Å²) in [5, 5.41) is 7.02. The van der Waals surface area contributed by atoms with Crippen molar-refractivity contribution in [2.75, 3.05) is 11.1 Å². The van der Waals surface area contributed by atoms with Gasteiger partial charge in [0.05, 0.1) is 16.9 Å². The molecule has 0 aliphatic rings. The van der Waals surface area contributed by atoms with E-state index in [1.165, 1.54) is 10.7 Å². The summed E-state index contributed by atoms with van der Waals surface area (Å²) >= 11 is 5.74. The number of benzene rings is 1. The third-order valence-corrected chi connectivity index (χ3v) is 3.20. The van der Waals surface area contributed by atoms with Crippen LogP contribution in [0.2, 0.25) is 5.02 Å². The van der Waals surface area contributed by atoms with Crippen LogP contribution in [0, 0.1) is 0 Å². The highest BCUT2D eigenvalue weighted by atomic mass is 35.5. The standard InChI is InChI=1S/C13H14ClF3N4/c1-3-10-11(18)12(21(2)20-10)19-9-5-7(13(15,16)17)4-8(14)6-9/h4-6,19H,3,18H2,1-2H3. The zero-order chi connectivity index (χ0) is 15.8. The Bertz CT molecular complexity index is 664. The summed E-state index contributed by atoms with van der Waals surface area (Å²) in [6.45, 7) is 1.89. The quantitative estimate of drug-likeness (QED) is 0.900. The summed E-state index contributed by atoms with van der Waals surface area (Å²) in [6, 6.07) is 3.25. The van der Waals surface area contributed by atoms with E-state index in [4.69, 9.17) is 17.3 Å². The smallest absolute Gasteiger partial charge is 0.394 e. The van der Waals surface area contributed by atoms with Crippen molar-refractivity contribution in [3.05, 3.63) is 34.5 Å². The van der Waals surface area contributed by atoms with Gasteiger partial charge in [-0.2, -0.15) is 18.3 Å². The lowest BCUT2D eigenvalue weighted by Gasteiger charge is -2.12. The van der Waals surface area contributed by atoms with Crippen molar-refractivity contribution in [3.63, 3.8) is 0 Å². The molecule has 0 bridgehead atoms. The number of nitrogens with one attached hydrogen (secondary N) is 1.